The monoisotopic (exact) mass is 247 g/mol. The number of ketones is 1. The van der Waals surface area contributed by atoms with Gasteiger partial charge >= 0.3 is 0 Å². The van der Waals surface area contributed by atoms with Gasteiger partial charge in [0.1, 0.15) is 0 Å². The number of ether oxygens (including phenoxy) is 1. The lowest BCUT2D eigenvalue weighted by Gasteiger charge is -2.23. The molecule has 1 heterocycles. The average molecular weight is 247 g/mol. The second-order valence-electron chi connectivity index (χ2n) is 4.51. The van der Waals surface area contributed by atoms with Crippen molar-refractivity contribution >= 4 is 11.9 Å². The number of hydrogen-bond donors (Lipinski definition) is 1. The summed E-state index contributed by atoms with van der Waals surface area (Å²) in [5.74, 6) is 0.716. The molecule has 1 aromatic rings. The Morgan fingerprint density at radius 2 is 2.22 bits per heavy atom. The van der Waals surface area contributed by atoms with E-state index in [1.165, 1.54) is 7.11 Å². The minimum Gasteiger partial charge on any atom is -0.504 e. The van der Waals surface area contributed by atoms with Crippen LogP contribution in [-0.2, 0) is 4.79 Å². The number of phenolic OH excluding ortho intramolecular Hbond substituents is 1. The van der Waals surface area contributed by atoms with E-state index in [1.54, 1.807) is 18.2 Å². The molecule has 18 heavy (non-hydrogen) atoms. The van der Waals surface area contributed by atoms with Crippen molar-refractivity contribution in [2.75, 3.05) is 27.2 Å². The van der Waals surface area contributed by atoms with Crippen LogP contribution in [0.4, 0.5) is 0 Å². The molecule has 0 bridgehead atoms. The van der Waals surface area contributed by atoms with Crippen molar-refractivity contribution in [2.24, 2.45) is 0 Å². The largest absolute Gasteiger partial charge is 0.504 e. The number of carbonyl (C=O) groups is 1. The van der Waals surface area contributed by atoms with Gasteiger partial charge in [0.2, 0.25) is 0 Å². The van der Waals surface area contributed by atoms with Crippen LogP contribution in [0.15, 0.2) is 23.8 Å². The van der Waals surface area contributed by atoms with Crippen molar-refractivity contribution in [3.63, 3.8) is 0 Å². The maximum atomic E-state index is 11.8. The number of phenols is 1. The van der Waals surface area contributed by atoms with E-state index in [4.69, 9.17) is 4.74 Å². The third-order valence-corrected chi connectivity index (χ3v) is 3.06. The zero-order chi connectivity index (χ0) is 13.1. The summed E-state index contributed by atoms with van der Waals surface area (Å²) in [6.45, 7) is 1.48. The molecule has 4 heteroatoms. The fourth-order valence-electron chi connectivity index (χ4n) is 2.02. The summed E-state index contributed by atoms with van der Waals surface area (Å²) in [4.78, 5) is 13.9. The molecule has 1 aromatic carbocycles. The molecule has 0 unspecified atom stereocenters. The Morgan fingerprint density at radius 1 is 1.44 bits per heavy atom. The summed E-state index contributed by atoms with van der Waals surface area (Å²) in [7, 11) is 3.50. The standard InChI is InChI=1S/C14H17NO3/c1-15-6-5-12(16)11(9-15)7-10-3-4-13(17)14(8-10)18-2/h3-4,7-8,17H,5-6,9H2,1-2H3/b11-7+. The molecule has 0 spiro atoms. The minimum atomic E-state index is 0.103. The highest BCUT2D eigenvalue weighted by atomic mass is 16.5. The number of likely N-dealkylation sites (tertiary alicyclic amines) is 1. The van der Waals surface area contributed by atoms with Crippen LogP contribution < -0.4 is 4.74 Å². The van der Waals surface area contributed by atoms with Gasteiger partial charge in [0, 0.05) is 25.1 Å². The lowest BCUT2D eigenvalue weighted by molar-refractivity contribution is -0.117. The second kappa shape index (κ2) is 5.23. The smallest absolute Gasteiger partial charge is 0.161 e. The van der Waals surface area contributed by atoms with Crippen LogP contribution in [0.2, 0.25) is 0 Å². The van der Waals surface area contributed by atoms with Crippen LogP contribution >= 0.6 is 0 Å². The van der Waals surface area contributed by atoms with Gasteiger partial charge in [-0.05, 0) is 30.8 Å². The maximum Gasteiger partial charge on any atom is 0.161 e. The molecule has 1 N–H and O–H groups in total. The maximum absolute atomic E-state index is 11.8. The summed E-state index contributed by atoms with van der Waals surface area (Å²) in [6, 6.07) is 5.07. The lowest BCUT2D eigenvalue weighted by atomic mass is 10.0. The van der Waals surface area contributed by atoms with Crippen molar-refractivity contribution in [1.82, 2.24) is 4.90 Å². The molecule has 1 saturated heterocycles. The molecule has 0 amide bonds. The predicted octanol–water partition coefficient (Wildman–Crippen LogP) is 1.69. The van der Waals surface area contributed by atoms with Crippen LogP contribution in [0.25, 0.3) is 6.08 Å². The van der Waals surface area contributed by atoms with Gasteiger partial charge in [-0.15, -0.1) is 0 Å². The number of likely N-dealkylation sites (N-methyl/N-ethyl adjacent to an activating group) is 1. The molecular weight excluding hydrogens is 230 g/mol. The number of hydrogen-bond acceptors (Lipinski definition) is 4. The number of nitrogens with zero attached hydrogens (tertiary/aromatic N) is 1. The molecule has 1 aliphatic rings. The van der Waals surface area contributed by atoms with E-state index in [2.05, 4.69) is 4.90 Å². The Balaban J connectivity index is 2.28. The van der Waals surface area contributed by atoms with Gasteiger partial charge in [0.15, 0.2) is 17.3 Å². The van der Waals surface area contributed by atoms with Crippen LogP contribution in [0.5, 0.6) is 11.5 Å². The summed E-state index contributed by atoms with van der Waals surface area (Å²) in [5.41, 5.74) is 1.67. The first-order valence-electron chi connectivity index (χ1n) is 5.89. The fraction of sp³-hybridized carbons (Fsp3) is 0.357. The van der Waals surface area contributed by atoms with Crippen LogP contribution in [-0.4, -0.2) is 43.0 Å². The highest BCUT2D eigenvalue weighted by Crippen LogP contribution is 2.27. The van der Waals surface area contributed by atoms with Crippen molar-refractivity contribution < 1.29 is 14.6 Å². The van der Waals surface area contributed by atoms with Crippen molar-refractivity contribution in [2.45, 2.75) is 6.42 Å². The van der Waals surface area contributed by atoms with Crippen molar-refractivity contribution in [3.05, 3.63) is 29.3 Å². The topological polar surface area (TPSA) is 49.8 Å². The van der Waals surface area contributed by atoms with E-state index in [0.29, 0.717) is 18.7 Å². The van der Waals surface area contributed by atoms with E-state index in [1.807, 2.05) is 13.1 Å². The number of carbonyl (C=O) groups excluding carboxylic acids is 1. The van der Waals surface area contributed by atoms with Crippen LogP contribution in [0.3, 0.4) is 0 Å². The fourth-order valence-corrected chi connectivity index (χ4v) is 2.02. The zero-order valence-corrected chi connectivity index (χ0v) is 10.6. The van der Waals surface area contributed by atoms with Gasteiger partial charge < -0.3 is 14.7 Å². The second-order valence-corrected chi connectivity index (χ2v) is 4.51. The SMILES string of the molecule is COc1cc(/C=C2\CN(C)CCC2=O)ccc1O. The molecule has 0 atom stereocenters. The number of rotatable bonds is 2. The molecule has 1 aliphatic heterocycles. The third kappa shape index (κ3) is 2.71. The van der Waals surface area contributed by atoms with Gasteiger partial charge in [-0.2, -0.15) is 0 Å². The molecule has 2 rings (SSSR count). The van der Waals surface area contributed by atoms with Gasteiger partial charge in [0.25, 0.3) is 0 Å². The molecule has 0 aromatic heterocycles. The van der Waals surface area contributed by atoms with E-state index >= 15 is 0 Å². The molecule has 4 nitrogen and oxygen atoms in total. The number of piperidine rings is 1. The van der Waals surface area contributed by atoms with Gasteiger partial charge in [-0.3, -0.25) is 4.79 Å². The van der Waals surface area contributed by atoms with Crippen LogP contribution in [0, 0.1) is 0 Å². The predicted molar refractivity (Wildman–Crippen MR) is 69.8 cm³/mol. The Labute approximate surface area is 106 Å². The Kier molecular flexibility index (Phi) is 3.67. The van der Waals surface area contributed by atoms with E-state index in [0.717, 1.165) is 17.7 Å². The Morgan fingerprint density at radius 3 is 2.94 bits per heavy atom. The molecule has 96 valence electrons. The first kappa shape index (κ1) is 12.6. The molecule has 1 fully saturated rings. The summed E-state index contributed by atoms with van der Waals surface area (Å²) in [5, 5.41) is 9.51. The highest BCUT2D eigenvalue weighted by molar-refractivity contribution is 6.00. The van der Waals surface area contributed by atoms with Crippen molar-refractivity contribution in [3.8, 4) is 11.5 Å². The van der Waals surface area contributed by atoms with E-state index in [-0.39, 0.29) is 11.5 Å². The lowest BCUT2D eigenvalue weighted by Crippen LogP contribution is -2.32. The third-order valence-electron chi connectivity index (χ3n) is 3.06. The van der Waals surface area contributed by atoms with Gasteiger partial charge in [0.05, 0.1) is 7.11 Å². The Hall–Kier alpha value is -1.81. The average Bonchev–Trinajstić information content (AvgIpc) is 2.36. The number of aromatic hydroxyl groups is 1. The summed E-state index contributed by atoms with van der Waals surface area (Å²) < 4.78 is 5.05. The summed E-state index contributed by atoms with van der Waals surface area (Å²) >= 11 is 0. The first-order valence-corrected chi connectivity index (χ1v) is 5.89. The van der Waals surface area contributed by atoms with Gasteiger partial charge in [-0.1, -0.05) is 6.07 Å². The van der Waals surface area contributed by atoms with Crippen molar-refractivity contribution in [1.29, 1.82) is 0 Å². The number of benzene rings is 1. The molecular formula is C14H17NO3. The Bertz CT molecular complexity index is 494. The summed E-state index contributed by atoms with van der Waals surface area (Å²) in [6.07, 6.45) is 2.43. The van der Waals surface area contributed by atoms with Gasteiger partial charge in [-0.25, -0.2) is 0 Å². The van der Waals surface area contributed by atoms with Crippen LogP contribution in [0.1, 0.15) is 12.0 Å². The molecule has 0 saturated carbocycles. The normalized spacial score (nSPS) is 19.2. The number of methoxy groups -OCH3 is 1. The minimum absolute atomic E-state index is 0.103. The number of Topliss-reactive ketones (excluding diaryl/α,β-unsaturated/α-hetero) is 1. The highest BCUT2D eigenvalue weighted by Gasteiger charge is 2.18. The quantitative estimate of drug-likeness (QED) is 0.808. The zero-order valence-electron chi connectivity index (χ0n) is 10.6. The van der Waals surface area contributed by atoms with E-state index < -0.39 is 0 Å². The van der Waals surface area contributed by atoms with E-state index in [9.17, 15) is 9.90 Å². The molecule has 0 aliphatic carbocycles. The first-order chi connectivity index (χ1) is 8.60. The molecule has 0 radical (unpaired) electrons.